The van der Waals surface area contributed by atoms with Gasteiger partial charge in [0.05, 0.1) is 6.10 Å². The molecular weight excluding hydrogens is 218 g/mol. The van der Waals surface area contributed by atoms with Gasteiger partial charge in [0.15, 0.2) is 0 Å². The molecule has 1 saturated heterocycles. The molecule has 3 heteroatoms. The molecule has 0 saturated carbocycles. The van der Waals surface area contributed by atoms with Gasteiger partial charge in [0.25, 0.3) is 0 Å². The van der Waals surface area contributed by atoms with Crippen LogP contribution in [0.25, 0.3) is 0 Å². The van der Waals surface area contributed by atoms with Crippen LogP contribution in [-0.4, -0.2) is 29.2 Å². The van der Waals surface area contributed by atoms with E-state index in [1.807, 2.05) is 36.9 Å². The average molecular weight is 237 g/mol. The van der Waals surface area contributed by atoms with E-state index in [-0.39, 0.29) is 6.10 Å². The first-order valence-electron chi connectivity index (χ1n) is 5.82. The van der Waals surface area contributed by atoms with Crippen LogP contribution in [-0.2, 0) is 0 Å². The van der Waals surface area contributed by atoms with Crippen LogP contribution in [0.4, 0.5) is 5.69 Å². The first kappa shape index (κ1) is 11.8. The number of anilines is 1. The van der Waals surface area contributed by atoms with Crippen molar-refractivity contribution in [2.45, 2.75) is 25.2 Å². The second-order valence-corrected chi connectivity index (χ2v) is 5.91. The molecule has 0 aromatic heterocycles. The van der Waals surface area contributed by atoms with Crippen molar-refractivity contribution >= 4 is 17.4 Å². The number of aliphatic hydroxyl groups excluding tert-OH is 1. The number of hydrogen-bond acceptors (Lipinski definition) is 3. The summed E-state index contributed by atoms with van der Waals surface area (Å²) in [5.74, 6) is 1.18. The van der Waals surface area contributed by atoms with E-state index in [0.29, 0.717) is 5.25 Å². The monoisotopic (exact) mass is 237 g/mol. The van der Waals surface area contributed by atoms with Crippen LogP contribution < -0.4 is 4.90 Å². The number of hydrogen-bond donors (Lipinski definition) is 1. The predicted octanol–water partition coefficient (Wildman–Crippen LogP) is 2.68. The molecule has 1 aliphatic rings. The Balaban J connectivity index is 2.25. The summed E-state index contributed by atoms with van der Waals surface area (Å²) >= 11 is 2.03. The number of benzene rings is 1. The molecule has 1 aliphatic heterocycles. The Morgan fingerprint density at radius 1 is 1.44 bits per heavy atom. The highest BCUT2D eigenvalue weighted by Crippen LogP contribution is 2.29. The van der Waals surface area contributed by atoms with Gasteiger partial charge in [0, 0.05) is 35.3 Å². The predicted molar refractivity (Wildman–Crippen MR) is 71.2 cm³/mol. The molecule has 0 amide bonds. The molecule has 2 atom stereocenters. The van der Waals surface area contributed by atoms with Crippen molar-refractivity contribution in [3.8, 4) is 0 Å². The van der Waals surface area contributed by atoms with Crippen molar-refractivity contribution in [1.82, 2.24) is 0 Å². The van der Waals surface area contributed by atoms with Gasteiger partial charge >= 0.3 is 0 Å². The Morgan fingerprint density at radius 3 is 2.88 bits per heavy atom. The molecule has 1 aromatic carbocycles. The molecule has 0 spiro atoms. The molecule has 2 nitrogen and oxygen atoms in total. The Bertz CT molecular complexity index is 354. The summed E-state index contributed by atoms with van der Waals surface area (Å²) in [6.07, 6.45) is -0.388. The molecule has 0 aliphatic carbocycles. The largest absolute Gasteiger partial charge is 0.389 e. The second kappa shape index (κ2) is 5.11. The lowest BCUT2D eigenvalue weighted by molar-refractivity contribution is 0.199. The maximum absolute atomic E-state index is 9.77. The summed E-state index contributed by atoms with van der Waals surface area (Å²) in [6, 6.07) is 8.18. The summed E-state index contributed by atoms with van der Waals surface area (Å²) in [6.45, 7) is 6.26. The molecule has 1 aromatic rings. The maximum atomic E-state index is 9.77. The number of thioether (sulfide) groups is 1. The highest BCUT2D eigenvalue weighted by atomic mass is 32.2. The molecule has 16 heavy (non-hydrogen) atoms. The van der Waals surface area contributed by atoms with Crippen LogP contribution in [0.5, 0.6) is 0 Å². The molecule has 2 rings (SSSR count). The molecule has 1 unspecified atom stereocenters. The Hall–Kier alpha value is -0.670. The highest BCUT2D eigenvalue weighted by Gasteiger charge is 2.19. The summed E-state index contributed by atoms with van der Waals surface area (Å²) in [7, 11) is 0. The zero-order valence-electron chi connectivity index (χ0n) is 9.89. The van der Waals surface area contributed by atoms with E-state index in [1.54, 1.807) is 0 Å². The van der Waals surface area contributed by atoms with Gasteiger partial charge < -0.3 is 10.0 Å². The van der Waals surface area contributed by atoms with Crippen molar-refractivity contribution in [2.75, 3.05) is 23.7 Å². The molecule has 88 valence electrons. The zero-order valence-corrected chi connectivity index (χ0v) is 10.7. The first-order valence-corrected chi connectivity index (χ1v) is 6.87. The third-order valence-corrected chi connectivity index (χ3v) is 4.10. The normalized spacial score (nSPS) is 23.2. The Morgan fingerprint density at radius 2 is 2.19 bits per heavy atom. The minimum absolute atomic E-state index is 0.388. The van der Waals surface area contributed by atoms with Crippen molar-refractivity contribution < 1.29 is 5.11 Å². The summed E-state index contributed by atoms with van der Waals surface area (Å²) in [4.78, 5) is 2.39. The van der Waals surface area contributed by atoms with Crippen molar-refractivity contribution in [2.24, 2.45) is 0 Å². The number of rotatable bonds is 2. The van der Waals surface area contributed by atoms with Gasteiger partial charge in [-0.25, -0.2) is 0 Å². The van der Waals surface area contributed by atoms with Crippen LogP contribution >= 0.6 is 11.8 Å². The zero-order chi connectivity index (χ0) is 11.5. The van der Waals surface area contributed by atoms with Crippen LogP contribution in [0.15, 0.2) is 24.3 Å². The van der Waals surface area contributed by atoms with Gasteiger partial charge in [-0.15, -0.1) is 0 Å². The lowest BCUT2D eigenvalue weighted by Gasteiger charge is -2.34. The fourth-order valence-corrected chi connectivity index (χ4v) is 3.18. The molecule has 1 fully saturated rings. The minimum Gasteiger partial charge on any atom is -0.389 e. The van der Waals surface area contributed by atoms with Gasteiger partial charge in [0.2, 0.25) is 0 Å². The van der Waals surface area contributed by atoms with Crippen LogP contribution in [0.3, 0.4) is 0 Å². The third-order valence-electron chi connectivity index (χ3n) is 2.97. The van der Waals surface area contributed by atoms with Crippen molar-refractivity contribution in [3.63, 3.8) is 0 Å². The van der Waals surface area contributed by atoms with E-state index in [9.17, 15) is 5.11 Å². The molecular formula is C13H19NOS. The van der Waals surface area contributed by atoms with E-state index >= 15 is 0 Å². The number of nitrogens with zero attached hydrogens (tertiary/aromatic N) is 1. The van der Waals surface area contributed by atoms with Crippen LogP contribution in [0.2, 0.25) is 0 Å². The SMILES string of the molecule is CC1CN(c2ccccc2[C@@H](C)O)CCS1. The molecule has 0 bridgehead atoms. The second-order valence-electron chi connectivity index (χ2n) is 4.36. The smallest absolute Gasteiger partial charge is 0.0781 e. The topological polar surface area (TPSA) is 23.5 Å². The lowest BCUT2D eigenvalue weighted by atomic mass is 10.1. The quantitative estimate of drug-likeness (QED) is 0.855. The summed E-state index contributed by atoms with van der Waals surface area (Å²) < 4.78 is 0. The van der Waals surface area contributed by atoms with E-state index in [4.69, 9.17) is 0 Å². The van der Waals surface area contributed by atoms with Gasteiger partial charge in [0.1, 0.15) is 0 Å². The molecule has 1 N–H and O–H groups in total. The van der Waals surface area contributed by atoms with E-state index in [2.05, 4.69) is 17.9 Å². The fraction of sp³-hybridized carbons (Fsp3) is 0.538. The van der Waals surface area contributed by atoms with Gasteiger partial charge in [-0.1, -0.05) is 25.1 Å². The van der Waals surface area contributed by atoms with Gasteiger partial charge in [-0.3, -0.25) is 0 Å². The maximum Gasteiger partial charge on any atom is 0.0781 e. The highest BCUT2D eigenvalue weighted by molar-refractivity contribution is 8.00. The van der Waals surface area contributed by atoms with Crippen molar-refractivity contribution in [1.29, 1.82) is 0 Å². The summed E-state index contributed by atoms with van der Waals surface area (Å²) in [5.41, 5.74) is 2.24. The van der Waals surface area contributed by atoms with Gasteiger partial charge in [-0.2, -0.15) is 11.8 Å². The first-order chi connectivity index (χ1) is 7.68. The lowest BCUT2D eigenvalue weighted by Crippen LogP contribution is -2.37. The van der Waals surface area contributed by atoms with Gasteiger partial charge in [-0.05, 0) is 13.0 Å². The standard InChI is InChI=1S/C13H19NOS/c1-10-9-14(7-8-16-10)13-6-4-3-5-12(13)11(2)15/h3-6,10-11,15H,7-9H2,1-2H3/t10?,11-/m1/s1. The van der Waals surface area contributed by atoms with Crippen molar-refractivity contribution in [3.05, 3.63) is 29.8 Å². The van der Waals surface area contributed by atoms with E-state index in [1.165, 1.54) is 11.4 Å². The third kappa shape index (κ3) is 2.53. The molecule has 0 radical (unpaired) electrons. The van der Waals surface area contributed by atoms with E-state index in [0.717, 1.165) is 18.7 Å². The minimum atomic E-state index is -0.388. The Labute approximate surface area is 102 Å². The summed E-state index contributed by atoms with van der Waals surface area (Å²) in [5, 5.41) is 10.4. The van der Waals surface area contributed by atoms with E-state index < -0.39 is 0 Å². The van der Waals surface area contributed by atoms with Crippen LogP contribution in [0.1, 0.15) is 25.5 Å². The number of para-hydroxylation sites is 1. The Kier molecular flexibility index (Phi) is 3.77. The van der Waals surface area contributed by atoms with Crippen LogP contribution in [0, 0.1) is 0 Å². The number of aliphatic hydroxyl groups is 1. The average Bonchev–Trinajstić information content (AvgIpc) is 2.29. The molecule has 1 heterocycles. The fourth-order valence-electron chi connectivity index (χ4n) is 2.17.